The van der Waals surface area contributed by atoms with E-state index in [1.54, 1.807) is 0 Å². The average molecular weight is 235 g/mol. The molecule has 0 saturated carbocycles. The van der Waals surface area contributed by atoms with Crippen LogP contribution in [0.5, 0.6) is 0 Å². The van der Waals surface area contributed by atoms with E-state index in [9.17, 15) is 4.39 Å². The van der Waals surface area contributed by atoms with Crippen LogP contribution < -0.4 is 5.32 Å². The second-order valence-electron chi connectivity index (χ2n) is 5.31. The maximum absolute atomic E-state index is 14.3. The molecule has 0 spiro atoms. The summed E-state index contributed by atoms with van der Waals surface area (Å²) in [6.07, 6.45) is 1.11. The predicted octanol–water partition coefficient (Wildman–Crippen LogP) is 3.82. The normalized spacial score (nSPS) is 19.5. The third-order valence-electron chi connectivity index (χ3n) is 3.72. The van der Waals surface area contributed by atoms with Gasteiger partial charge >= 0.3 is 0 Å². The Morgan fingerprint density at radius 1 is 1.06 bits per heavy atom. The van der Waals surface area contributed by atoms with E-state index in [-0.39, 0.29) is 5.92 Å². The van der Waals surface area contributed by atoms with Crippen LogP contribution in [0.4, 0.5) is 4.39 Å². The maximum atomic E-state index is 14.3. The minimum Gasteiger partial charge on any atom is -0.317 e. The van der Waals surface area contributed by atoms with E-state index in [0.717, 1.165) is 31.5 Å². The predicted molar refractivity (Wildman–Crippen MR) is 70.0 cm³/mol. The Kier molecular flexibility index (Phi) is 4.16. The first-order valence-electron chi connectivity index (χ1n) is 6.63. The molecule has 2 heteroatoms. The van der Waals surface area contributed by atoms with Crippen LogP contribution in [-0.4, -0.2) is 13.1 Å². The highest BCUT2D eigenvalue weighted by Crippen LogP contribution is 2.32. The molecule has 17 heavy (non-hydrogen) atoms. The Hall–Kier alpha value is -0.890. The number of alkyl halides is 1. The van der Waals surface area contributed by atoms with Gasteiger partial charge in [0.2, 0.25) is 0 Å². The Labute approximate surface area is 103 Å². The second-order valence-corrected chi connectivity index (χ2v) is 5.31. The zero-order chi connectivity index (χ0) is 12.3. The monoisotopic (exact) mass is 235 g/mol. The Morgan fingerprint density at radius 3 is 2.12 bits per heavy atom. The molecule has 0 aromatic heterocycles. The summed E-state index contributed by atoms with van der Waals surface area (Å²) in [6.45, 7) is 6.23. The number of hydrogen-bond donors (Lipinski definition) is 1. The molecular weight excluding hydrogens is 213 g/mol. The van der Waals surface area contributed by atoms with E-state index in [2.05, 4.69) is 31.3 Å². The lowest BCUT2D eigenvalue weighted by Crippen LogP contribution is -2.29. The van der Waals surface area contributed by atoms with Crippen molar-refractivity contribution in [1.82, 2.24) is 5.32 Å². The number of rotatable bonds is 3. The molecule has 0 aliphatic carbocycles. The van der Waals surface area contributed by atoms with Gasteiger partial charge in [0.25, 0.3) is 0 Å². The Morgan fingerprint density at radius 2 is 1.59 bits per heavy atom. The lowest BCUT2D eigenvalue weighted by molar-refractivity contribution is 0.190. The highest BCUT2D eigenvalue weighted by atomic mass is 19.1. The number of halogens is 1. The first-order valence-corrected chi connectivity index (χ1v) is 6.63. The number of hydrogen-bond acceptors (Lipinski definition) is 1. The van der Waals surface area contributed by atoms with Gasteiger partial charge in [-0.15, -0.1) is 0 Å². The van der Waals surface area contributed by atoms with Gasteiger partial charge in [-0.2, -0.15) is 0 Å². The van der Waals surface area contributed by atoms with Crippen LogP contribution in [0.15, 0.2) is 24.3 Å². The van der Waals surface area contributed by atoms with Crippen molar-refractivity contribution >= 4 is 0 Å². The van der Waals surface area contributed by atoms with E-state index in [1.165, 1.54) is 5.56 Å². The van der Waals surface area contributed by atoms with Gasteiger partial charge in [-0.05, 0) is 48.9 Å². The molecule has 1 aromatic carbocycles. The molecule has 1 heterocycles. The molecule has 0 bridgehead atoms. The zero-order valence-corrected chi connectivity index (χ0v) is 10.7. The van der Waals surface area contributed by atoms with Gasteiger partial charge in [-0.1, -0.05) is 38.1 Å². The van der Waals surface area contributed by atoms with Gasteiger partial charge in [0.1, 0.15) is 6.17 Å². The van der Waals surface area contributed by atoms with Crippen molar-refractivity contribution in [3.05, 3.63) is 35.4 Å². The lowest BCUT2D eigenvalue weighted by atomic mass is 9.88. The summed E-state index contributed by atoms with van der Waals surface area (Å²) in [7, 11) is 0. The van der Waals surface area contributed by atoms with E-state index in [4.69, 9.17) is 0 Å². The molecule has 1 atom stereocenters. The van der Waals surface area contributed by atoms with Gasteiger partial charge < -0.3 is 5.32 Å². The molecule has 94 valence electrons. The number of piperidine rings is 1. The highest BCUT2D eigenvalue weighted by molar-refractivity contribution is 5.26. The van der Waals surface area contributed by atoms with Crippen LogP contribution in [0.2, 0.25) is 0 Å². The molecule has 1 unspecified atom stereocenters. The van der Waals surface area contributed by atoms with Gasteiger partial charge in [-0.25, -0.2) is 4.39 Å². The summed E-state index contributed by atoms with van der Waals surface area (Å²) in [6, 6.07) is 8.05. The zero-order valence-electron chi connectivity index (χ0n) is 10.7. The third-order valence-corrected chi connectivity index (χ3v) is 3.72. The van der Waals surface area contributed by atoms with Crippen LogP contribution in [-0.2, 0) is 0 Å². The van der Waals surface area contributed by atoms with Crippen molar-refractivity contribution in [1.29, 1.82) is 0 Å². The molecule has 2 rings (SSSR count). The molecule has 1 nitrogen and oxygen atoms in total. The first-order chi connectivity index (χ1) is 8.18. The molecule has 1 fully saturated rings. The summed E-state index contributed by atoms with van der Waals surface area (Å²) >= 11 is 0. The van der Waals surface area contributed by atoms with Crippen molar-refractivity contribution < 1.29 is 4.39 Å². The summed E-state index contributed by atoms with van der Waals surface area (Å²) in [4.78, 5) is 0. The van der Waals surface area contributed by atoms with E-state index in [0.29, 0.717) is 5.92 Å². The summed E-state index contributed by atoms with van der Waals surface area (Å²) in [5.41, 5.74) is 2.13. The summed E-state index contributed by atoms with van der Waals surface area (Å²) in [5.74, 6) is 0.710. The molecular formula is C15H22FN. The van der Waals surface area contributed by atoms with Crippen LogP contribution in [0.25, 0.3) is 0 Å². The molecule has 1 aromatic rings. The third kappa shape index (κ3) is 3.06. The van der Waals surface area contributed by atoms with Gasteiger partial charge in [0, 0.05) is 0 Å². The topological polar surface area (TPSA) is 12.0 Å². The minimum absolute atomic E-state index is 0.196. The SMILES string of the molecule is CC(C)c1ccc(C(F)C2CCNCC2)cc1. The van der Waals surface area contributed by atoms with Crippen molar-refractivity contribution in [3.63, 3.8) is 0 Å². The number of nitrogens with one attached hydrogen (secondary N) is 1. The second kappa shape index (κ2) is 5.63. The fourth-order valence-electron chi connectivity index (χ4n) is 2.47. The van der Waals surface area contributed by atoms with Crippen molar-refractivity contribution in [2.24, 2.45) is 5.92 Å². The fraction of sp³-hybridized carbons (Fsp3) is 0.600. The summed E-state index contributed by atoms with van der Waals surface area (Å²) < 4.78 is 14.3. The number of benzene rings is 1. The van der Waals surface area contributed by atoms with E-state index >= 15 is 0 Å². The van der Waals surface area contributed by atoms with Crippen LogP contribution >= 0.6 is 0 Å². The highest BCUT2D eigenvalue weighted by Gasteiger charge is 2.24. The molecule has 1 saturated heterocycles. The summed E-state index contributed by atoms with van der Waals surface area (Å²) in [5, 5.41) is 3.28. The fourth-order valence-corrected chi connectivity index (χ4v) is 2.47. The standard InChI is InChI=1S/C15H22FN/c1-11(2)12-3-5-13(6-4-12)15(16)14-7-9-17-10-8-14/h3-6,11,14-15,17H,7-10H2,1-2H3. The largest absolute Gasteiger partial charge is 0.317 e. The van der Waals surface area contributed by atoms with Crippen molar-refractivity contribution in [3.8, 4) is 0 Å². The van der Waals surface area contributed by atoms with Gasteiger partial charge in [0.05, 0.1) is 0 Å². The average Bonchev–Trinajstić information content (AvgIpc) is 2.39. The Balaban J connectivity index is 2.05. The van der Waals surface area contributed by atoms with Crippen LogP contribution in [0.3, 0.4) is 0 Å². The quantitative estimate of drug-likeness (QED) is 0.839. The molecule has 0 amide bonds. The van der Waals surface area contributed by atoms with Gasteiger partial charge in [-0.3, -0.25) is 0 Å². The van der Waals surface area contributed by atoms with Crippen molar-refractivity contribution in [2.75, 3.05) is 13.1 Å². The Bertz CT molecular complexity index is 338. The molecule has 1 aliphatic rings. The van der Waals surface area contributed by atoms with Crippen LogP contribution in [0.1, 0.15) is 49.9 Å². The molecule has 1 N–H and O–H groups in total. The minimum atomic E-state index is -0.793. The van der Waals surface area contributed by atoms with Crippen LogP contribution in [0, 0.1) is 5.92 Å². The van der Waals surface area contributed by atoms with Crippen molar-refractivity contribution in [2.45, 2.75) is 38.8 Å². The lowest BCUT2D eigenvalue weighted by Gasteiger charge is -2.26. The molecule has 0 radical (unpaired) electrons. The first kappa shape index (κ1) is 12.6. The van der Waals surface area contributed by atoms with E-state index in [1.807, 2.05) is 12.1 Å². The van der Waals surface area contributed by atoms with Gasteiger partial charge in [0.15, 0.2) is 0 Å². The smallest absolute Gasteiger partial charge is 0.128 e. The molecule has 1 aliphatic heterocycles. The van der Waals surface area contributed by atoms with E-state index < -0.39 is 6.17 Å². The maximum Gasteiger partial charge on any atom is 0.128 e.